The maximum Gasteiger partial charge on any atom is 0.249 e. The number of amides is 2. The molecule has 4 aromatic rings. The fourth-order valence-corrected chi connectivity index (χ4v) is 5.35. The van der Waals surface area contributed by atoms with Crippen LogP contribution in [-0.2, 0) is 22.6 Å². The molecule has 5 rings (SSSR count). The second kappa shape index (κ2) is 12.2. The zero-order valence-electron chi connectivity index (χ0n) is 23.2. The molecule has 0 saturated heterocycles. The Bertz CT molecular complexity index is 1480. The standard InChI is InChI=1S/C31H35N5O4/c1-4-21-13-15-22(16-14-21)30(31(38)32-23-9-5-6-10-23)36(24-17-18-27(39-2)28(19-24)40-3)29(37)20-35-26-12-8-7-11-25(26)33-34-35/h7-8,11-19,23,30H,4-6,9-10,20H2,1-3H3,(H,32,38). The summed E-state index contributed by atoms with van der Waals surface area (Å²) in [5.41, 5.74) is 3.82. The Morgan fingerprint density at radius 2 is 1.73 bits per heavy atom. The molecule has 1 atom stereocenters. The van der Waals surface area contributed by atoms with Crippen LogP contribution in [-0.4, -0.2) is 47.1 Å². The molecule has 0 aliphatic heterocycles. The Morgan fingerprint density at radius 1 is 1.00 bits per heavy atom. The van der Waals surface area contributed by atoms with Crippen molar-refractivity contribution in [1.82, 2.24) is 20.3 Å². The van der Waals surface area contributed by atoms with Crippen LogP contribution in [0.1, 0.15) is 49.8 Å². The molecule has 3 aromatic carbocycles. The van der Waals surface area contributed by atoms with E-state index < -0.39 is 6.04 Å². The lowest BCUT2D eigenvalue weighted by atomic mass is 10.00. The first-order valence-electron chi connectivity index (χ1n) is 13.7. The van der Waals surface area contributed by atoms with E-state index >= 15 is 0 Å². The van der Waals surface area contributed by atoms with Crippen LogP contribution in [0.2, 0.25) is 0 Å². The van der Waals surface area contributed by atoms with Crippen molar-refractivity contribution in [2.75, 3.05) is 19.1 Å². The molecule has 1 fully saturated rings. The molecular formula is C31H35N5O4. The monoisotopic (exact) mass is 541 g/mol. The van der Waals surface area contributed by atoms with E-state index in [1.54, 1.807) is 42.0 Å². The van der Waals surface area contributed by atoms with Gasteiger partial charge in [0, 0.05) is 17.8 Å². The summed E-state index contributed by atoms with van der Waals surface area (Å²) in [6.07, 6.45) is 4.90. The molecule has 1 aliphatic carbocycles. The molecule has 9 heteroatoms. The number of ether oxygens (including phenoxy) is 2. The molecule has 1 unspecified atom stereocenters. The predicted octanol–water partition coefficient (Wildman–Crippen LogP) is 4.84. The van der Waals surface area contributed by atoms with Crippen LogP contribution >= 0.6 is 0 Å². The third-order valence-electron chi connectivity index (χ3n) is 7.53. The van der Waals surface area contributed by atoms with Crippen molar-refractivity contribution in [3.63, 3.8) is 0 Å². The number of aryl methyl sites for hydroxylation is 1. The van der Waals surface area contributed by atoms with Crippen molar-refractivity contribution < 1.29 is 19.1 Å². The quantitative estimate of drug-likeness (QED) is 0.308. The minimum absolute atomic E-state index is 0.0894. The van der Waals surface area contributed by atoms with Crippen LogP contribution in [0.5, 0.6) is 11.5 Å². The van der Waals surface area contributed by atoms with Crippen LogP contribution in [0.25, 0.3) is 11.0 Å². The Labute approximate surface area is 234 Å². The molecule has 2 amide bonds. The lowest BCUT2D eigenvalue weighted by molar-refractivity contribution is -0.127. The van der Waals surface area contributed by atoms with Gasteiger partial charge in [0.2, 0.25) is 11.8 Å². The predicted molar refractivity (Wildman–Crippen MR) is 154 cm³/mol. The summed E-state index contributed by atoms with van der Waals surface area (Å²) >= 11 is 0. The molecule has 0 bridgehead atoms. The number of benzene rings is 3. The smallest absolute Gasteiger partial charge is 0.249 e. The van der Waals surface area contributed by atoms with Crippen LogP contribution in [0.4, 0.5) is 5.69 Å². The summed E-state index contributed by atoms with van der Waals surface area (Å²) < 4.78 is 12.6. The second-order valence-corrected chi connectivity index (χ2v) is 10.0. The second-order valence-electron chi connectivity index (χ2n) is 10.0. The van der Waals surface area contributed by atoms with Gasteiger partial charge in [-0.25, -0.2) is 4.68 Å². The first-order valence-corrected chi connectivity index (χ1v) is 13.7. The summed E-state index contributed by atoms with van der Waals surface area (Å²) in [6.45, 7) is 1.98. The van der Waals surface area contributed by atoms with Crippen LogP contribution in [0.3, 0.4) is 0 Å². The lowest BCUT2D eigenvalue weighted by Gasteiger charge is -2.33. The van der Waals surface area contributed by atoms with Gasteiger partial charge in [0.05, 0.1) is 19.7 Å². The van der Waals surface area contributed by atoms with Gasteiger partial charge in [-0.1, -0.05) is 61.4 Å². The van der Waals surface area contributed by atoms with Gasteiger partial charge in [-0.05, 0) is 54.7 Å². The number of aromatic nitrogens is 3. The highest BCUT2D eigenvalue weighted by molar-refractivity contribution is 6.02. The van der Waals surface area contributed by atoms with Crippen molar-refractivity contribution in [1.29, 1.82) is 0 Å². The number of para-hydroxylation sites is 1. The number of nitrogens with one attached hydrogen (secondary N) is 1. The Kier molecular flexibility index (Phi) is 8.28. The minimum atomic E-state index is -0.910. The summed E-state index contributed by atoms with van der Waals surface area (Å²) in [5.74, 6) is 0.456. The Hall–Kier alpha value is -4.40. The van der Waals surface area contributed by atoms with Gasteiger partial charge >= 0.3 is 0 Å². The highest BCUT2D eigenvalue weighted by atomic mass is 16.5. The van der Waals surface area contributed by atoms with Gasteiger partial charge in [0.1, 0.15) is 18.1 Å². The molecular weight excluding hydrogens is 506 g/mol. The van der Waals surface area contributed by atoms with Gasteiger partial charge in [0.25, 0.3) is 0 Å². The fraction of sp³-hybridized carbons (Fsp3) is 0.355. The van der Waals surface area contributed by atoms with E-state index in [1.165, 1.54) is 0 Å². The van der Waals surface area contributed by atoms with E-state index in [1.807, 2.05) is 48.5 Å². The van der Waals surface area contributed by atoms with E-state index in [4.69, 9.17) is 9.47 Å². The fourth-order valence-electron chi connectivity index (χ4n) is 5.35. The highest BCUT2D eigenvalue weighted by Gasteiger charge is 2.35. The average Bonchev–Trinajstić information content (AvgIpc) is 3.65. The van der Waals surface area contributed by atoms with Gasteiger partial charge in [0.15, 0.2) is 11.5 Å². The first kappa shape index (κ1) is 27.2. The highest BCUT2D eigenvalue weighted by Crippen LogP contribution is 2.36. The van der Waals surface area contributed by atoms with Gasteiger partial charge < -0.3 is 14.8 Å². The van der Waals surface area contributed by atoms with Gasteiger partial charge in [-0.2, -0.15) is 0 Å². The number of fused-ring (bicyclic) bond motifs is 1. The molecule has 1 heterocycles. The van der Waals surface area contributed by atoms with Crippen molar-refractivity contribution in [2.45, 2.75) is 57.7 Å². The molecule has 1 aromatic heterocycles. The van der Waals surface area contributed by atoms with E-state index in [2.05, 4.69) is 22.6 Å². The molecule has 208 valence electrons. The number of rotatable bonds is 10. The van der Waals surface area contributed by atoms with Crippen molar-refractivity contribution >= 4 is 28.5 Å². The lowest BCUT2D eigenvalue weighted by Crippen LogP contribution is -2.47. The van der Waals surface area contributed by atoms with Crippen LogP contribution in [0, 0.1) is 0 Å². The summed E-state index contributed by atoms with van der Waals surface area (Å²) in [6, 6.07) is 19.8. The zero-order chi connectivity index (χ0) is 28.1. The maximum absolute atomic E-state index is 14.3. The summed E-state index contributed by atoms with van der Waals surface area (Å²) in [4.78, 5) is 29.9. The number of anilines is 1. The maximum atomic E-state index is 14.3. The number of hydrogen-bond donors (Lipinski definition) is 1. The normalized spacial score (nSPS) is 14.2. The summed E-state index contributed by atoms with van der Waals surface area (Å²) in [7, 11) is 3.10. The van der Waals surface area contributed by atoms with E-state index in [-0.39, 0.29) is 24.4 Å². The van der Waals surface area contributed by atoms with E-state index in [0.29, 0.717) is 22.7 Å². The number of methoxy groups -OCH3 is 2. The number of carbonyl (C=O) groups is 2. The largest absolute Gasteiger partial charge is 0.493 e. The SMILES string of the molecule is CCc1ccc(C(C(=O)NC2CCCC2)N(C(=O)Cn2nnc3ccccc32)c2ccc(OC)c(OC)c2)cc1. The molecule has 1 saturated carbocycles. The number of nitrogens with zero attached hydrogens (tertiary/aromatic N) is 4. The van der Waals surface area contributed by atoms with Gasteiger partial charge in [-0.15, -0.1) is 5.10 Å². The van der Waals surface area contributed by atoms with Gasteiger partial charge in [-0.3, -0.25) is 14.5 Å². The Balaban J connectivity index is 1.61. The molecule has 40 heavy (non-hydrogen) atoms. The van der Waals surface area contributed by atoms with Crippen molar-refractivity contribution in [3.05, 3.63) is 77.9 Å². The number of hydrogen-bond acceptors (Lipinski definition) is 6. The third kappa shape index (κ3) is 5.64. The van der Waals surface area contributed by atoms with Crippen molar-refractivity contribution in [3.8, 4) is 11.5 Å². The third-order valence-corrected chi connectivity index (χ3v) is 7.53. The zero-order valence-corrected chi connectivity index (χ0v) is 23.2. The van der Waals surface area contributed by atoms with Crippen molar-refractivity contribution in [2.24, 2.45) is 0 Å². The summed E-state index contributed by atoms with van der Waals surface area (Å²) in [5, 5.41) is 11.7. The Morgan fingerprint density at radius 3 is 2.42 bits per heavy atom. The molecule has 0 radical (unpaired) electrons. The first-order chi connectivity index (χ1) is 19.5. The average molecular weight is 542 g/mol. The van der Waals surface area contributed by atoms with Crippen LogP contribution < -0.4 is 19.7 Å². The molecule has 0 spiro atoms. The van der Waals surface area contributed by atoms with E-state index in [0.717, 1.165) is 48.7 Å². The minimum Gasteiger partial charge on any atom is -0.493 e. The van der Waals surface area contributed by atoms with E-state index in [9.17, 15) is 9.59 Å². The topological polar surface area (TPSA) is 98.6 Å². The molecule has 9 nitrogen and oxygen atoms in total. The number of carbonyl (C=O) groups excluding carboxylic acids is 2. The molecule has 1 N–H and O–H groups in total. The van der Waals surface area contributed by atoms with Crippen LogP contribution in [0.15, 0.2) is 66.7 Å². The molecule has 1 aliphatic rings.